The molecule has 5 rings (SSSR count). The van der Waals surface area contributed by atoms with E-state index >= 15 is 0 Å². The highest BCUT2D eigenvalue weighted by Gasteiger charge is 2.12. The largest absolute Gasteiger partial charge is 0.487 e. The molecule has 4 aromatic rings. The van der Waals surface area contributed by atoms with Crippen molar-refractivity contribution in [1.82, 2.24) is 14.9 Å². The molecule has 0 bridgehead atoms. The van der Waals surface area contributed by atoms with Crippen molar-refractivity contribution in [2.45, 2.75) is 26.2 Å². The van der Waals surface area contributed by atoms with Gasteiger partial charge in [0.1, 0.15) is 23.9 Å². The molecule has 0 unspecified atom stereocenters. The summed E-state index contributed by atoms with van der Waals surface area (Å²) in [4.78, 5) is 11.7. The molecule has 2 aromatic carbocycles. The minimum atomic E-state index is 0.377. The molecule has 174 valence electrons. The number of aromatic nitrogens is 2. The second-order valence-corrected chi connectivity index (χ2v) is 8.46. The maximum Gasteiger partial charge on any atom is 0.138 e. The predicted octanol–water partition coefficient (Wildman–Crippen LogP) is 6.18. The molecule has 3 heterocycles. The molecule has 5 heteroatoms. The van der Waals surface area contributed by atoms with Crippen LogP contribution < -0.4 is 9.47 Å². The van der Waals surface area contributed by atoms with Crippen molar-refractivity contribution >= 4 is 6.08 Å². The molecule has 0 atom stereocenters. The third-order valence-corrected chi connectivity index (χ3v) is 5.67. The molecule has 0 radical (unpaired) electrons. The zero-order valence-corrected chi connectivity index (χ0v) is 19.5. The highest BCUT2D eigenvalue weighted by atomic mass is 16.5. The Balaban J connectivity index is 1.27. The maximum absolute atomic E-state index is 6.02. The predicted molar refractivity (Wildman–Crippen MR) is 137 cm³/mol. The van der Waals surface area contributed by atoms with Gasteiger partial charge in [-0.3, -0.25) is 14.9 Å². The van der Waals surface area contributed by atoms with Crippen LogP contribution in [0.2, 0.25) is 0 Å². The first-order chi connectivity index (χ1) is 17.2. The number of nitrogens with zero attached hydrogens (tertiary/aromatic N) is 3. The first-order valence-corrected chi connectivity index (χ1v) is 11.6. The lowest BCUT2D eigenvalue weighted by Gasteiger charge is -2.22. The summed E-state index contributed by atoms with van der Waals surface area (Å²) in [6.07, 6.45) is 5.68. The van der Waals surface area contributed by atoms with E-state index in [0.29, 0.717) is 18.9 Å². The number of fused-ring (bicyclic) bond motifs is 1. The van der Waals surface area contributed by atoms with Crippen molar-refractivity contribution < 1.29 is 9.47 Å². The van der Waals surface area contributed by atoms with Crippen LogP contribution in [0.5, 0.6) is 11.5 Å². The Hall–Kier alpha value is -4.22. The molecule has 2 aromatic heterocycles. The van der Waals surface area contributed by atoms with Crippen LogP contribution >= 0.6 is 0 Å². The van der Waals surface area contributed by atoms with E-state index in [0.717, 1.165) is 47.2 Å². The van der Waals surface area contributed by atoms with E-state index in [1.54, 1.807) is 0 Å². The van der Waals surface area contributed by atoms with E-state index in [-0.39, 0.29) is 0 Å². The standard InChI is InChI=1S/C30H27N3O2/c1-23-13-14-25-15-16-29(18-30(25)35-23)34-22-28-12-7-11-27(32-28)21-33(19-24-8-3-2-4-9-24)20-26-10-5-6-17-31-26/h2-18H,1,19-22H2. The van der Waals surface area contributed by atoms with Crippen LogP contribution in [0.1, 0.15) is 28.2 Å². The van der Waals surface area contributed by atoms with Crippen molar-refractivity contribution in [1.29, 1.82) is 0 Å². The monoisotopic (exact) mass is 461 g/mol. The maximum atomic E-state index is 6.02. The van der Waals surface area contributed by atoms with Crippen LogP contribution in [0.15, 0.2) is 110 Å². The first-order valence-electron chi connectivity index (χ1n) is 11.6. The Morgan fingerprint density at radius 1 is 0.771 bits per heavy atom. The molecule has 0 fully saturated rings. The molecule has 35 heavy (non-hydrogen) atoms. The minimum absolute atomic E-state index is 0.377. The van der Waals surface area contributed by atoms with Crippen LogP contribution in [-0.4, -0.2) is 14.9 Å². The zero-order chi connectivity index (χ0) is 23.9. The zero-order valence-electron chi connectivity index (χ0n) is 19.5. The van der Waals surface area contributed by atoms with Crippen molar-refractivity contribution in [3.8, 4) is 11.5 Å². The second kappa shape index (κ2) is 10.8. The average molecular weight is 462 g/mol. The normalized spacial score (nSPS) is 12.3. The molecule has 0 saturated carbocycles. The summed E-state index contributed by atoms with van der Waals surface area (Å²) in [5.74, 6) is 2.11. The van der Waals surface area contributed by atoms with Crippen molar-refractivity contribution in [3.63, 3.8) is 0 Å². The van der Waals surface area contributed by atoms with Gasteiger partial charge in [-0.15, -0.1) is 0 Å². The topological polar surface area (TPSA) is 47.5 Å². The lowest BCUT2D eigenvalue weighted by molar-refractivity contribution is 0.240. The van der Waals surface area contributed by atoms with Gasteiger partial charge in [0, 0.05) is 37.5 Å². The SMILES string of the molecule is C=C1C=Cc2ccc(OCc3cccc(CN(Cc4ccccc4)Cc4ccccn4)n3)cc2O1. The lowest BCUT2D eigenvalue weighted by atomic mass is 10.1. The lowest BCUT2D eigenvalue weighted by Crippen LogP contribution is -2.23. The quantitative estimate of drug-likeness (QED) is 0.298. The molecule has 0 N–H and O–H groups in total. The Labute approximate surface area is 206 Å². The van der Waals surface area contributed by atoms with Crippen LogP contribution in [0.25, 0.3) is 6.08 Å². The summed E-state index contributed by atoms with van der Waals surface area (Å²) in [7, 11) is 0. The van der Waals surface area contributed by atoms with Gasteiger partial charge in [-0.05, 0) is 54.1 Å². The summed E-state index contributed by atoms with van der Waals surface area (Å²) in [5.41, 5.74) is 5.18. The number of benzene rings is 2. The molecule has 0 spiro atoms. The number of rotatable bonds is 9. The van der Waals surface area contributed by atoms with Crippen molar-refractivity contribution in [3.05, 3.63) is 138 Å². The van der Waals surface area contributed by atoms with E-state index in [4.69, 9.17) is 14.5 Å². The minimum Gasteiger partial charge on any atom is -0.487 e. The van der Waals surface area contributed by atoms with Gasteiger partial charge in [-0.1, -0.05) is 49.0 Å². The van der Waals surface area contributed by atoms with Gasteiger partial charge >= 0.3 is 0 Å². The summed E-state index contributed by atoms with van der Waals surface area (Å²) >= 11 is 0. The van der Waals surface area contributed by atoms with Gasteiger partial charge < -0.3 is 9.47 Å². The fraction of sp³-hybridized carbons (Fsp3) is 0.133. The molecular formula is C30H27N3O2. The molecule has 5 nitrogen and oxygen atoms in total. The smallest absolute Gasteiger partial charge is 0.138 e. The van der Waals surface area contributed by atoms with Gasteiger partial charge in [0.2, 0.25) is 0 Å². The second-order valence-electron chi connectivity index (χ2n) is 8.46. The Kier molecular flexibility index (Phi) is 6.97. The first kappa shape index (κ1) is 22.6. The summed E-state index contributed by atoms with van der Waals surface area (Å²) < 4.78 is 11.7. The van der Waals surface area contributed by atoms with Crippen LogP contribution in [0.4, 0.5) is 0 Å². The fourth-order valence-corrected chi connectivity index (χ4v) is 4.00. The highest BCUT2D eigenvalue weighted by molar-refractivity contribution is 5.63. The molecule has 0 amide bonds. The number of ether oxygens (including phenoxy) is 2. The fourth-order valence-electron chi connectivity index (χ4n) is 4.00. The number of allylic oxidation sites excluding steroid dienone is 1. The highest BCUT2D eigenvalue weighted by Crippen LogP contribution is 2.31. The van der Waals surface area contributed by atoms with Gasteiger partial charge in [0.05, 0.1) is 17.1 Å². The van der Waals surface area contributed by atoms with Crippen molar-refractivity contribution in [2.75, 3.05) is 0 Å². The molecular weight excluding hydrogens is 434 g/mol. The van der Waals surface area contributed by atoms with E-state index < -0.39 is 0 Å². The van der Waals surface area contributed by atoms with Gasteiger partial charge in [0.25, 0.3) is 0 Å². The van der Waals surface area contributed by atoms with E-state index in [2.05, 4.69) is 52.9 Å². The molecule has 1 aliphatic rings. The Morgan fingerprint density at radius 2 is 1.57 bits per heavy atom. The number of hydrogen-bond donors (Lipinski definition) is 0. The summed E-state index contributed by atoms with van der Waals surface area (Å²) in [5, 5.41) is 0. The summed E-state index contributed by atoms with van der Waals surface area (Å²) in [6.45, 7) is 6.50. The number of pyridine rings is 2. The van der Waals surface area contributed by atoms with Crippen molar-refractivity contribution in [2.24, 2.45) is 0 Å². The van der Waals surface area contributed by atoms with Crippen LogP contribution in [-0.2, 0) is 26.2 Å². The van der Waals surface area contributed by atoms with Gasteiger partial charge in [0.15, 0.2) is 0 Å². The van der Waals surface area contributed by atoms with Gasteiger partial charge in [-0.2, -0.15) is 0 Å². The summed E-state index contributed by atoms with van der Waals surface area (Å²) in [6, 6.07) is 28.4. The van der Waals surface area contributed by atoms with E-state index in [1.807, 2.05) is 66.9 Å². The van der Waals surface area contributed by atoms with Crippen LogP contribution in [0.3, 0.4) is 0 Å². The average Bonchev–Trinajstić information content (AvgIpc) is 2.88. The van der Waals surface area contributed by atoms with E-state index in [1.165, 1.54) is 5.56 Å². The van der Waals surface area contributed by atoms with E-state index in [9.17, 15) is 0 Å². The van der Waals surface area contributed by atoms with Crippen LogP contribution in [0, 0.1) is 0 Å². The Morgan fingerprint density at radius 3 is 2.43 bits per heavy atom. The Bertz CT molecular complexity index is 1280. The van der Waals surface area contributed by atoms with Gasteiger partial charge in [-0.25, -0.2) is 0 Å². The number of hydrogen-bond acceptors (Lipinski definition) is 5. The third-order valence-electron chi connectivity index (χ3n) is 5.67. The molecule has 0 saturated heterocycles. The molecule has 0 aliphatic carbocycles. The molecule has 1 aliphatic heterocycles. The third kappa shape index (κ3) is 6.22.